The SMILES string of the molecule is Cl.NCCOCC[C@@H](N)C(=O)O. The Kier molecular flexibility index (Phi) is 10.3. The molecule has 0 saturated carbocycles. The molecule has 0 aliphatic rings. The average molecular weight is 199 g/mol. The molecule has 0 aliphatic carbocycles. The number of nitrogens with two attached hydrogens (primary N) is 2. The molecule has 0 spiro atoms. The maximum Gasteiger partial charge on any atom is 0.320 e. The van der Waals surface area contributed by atoms with Gasteiger partial charge in [0.25, 0.3) is 0 Å². The topological polar surface area (TPSA) is 98.6 Å². The normalized spacial score (nSPS) is 11.8. The predicted octanol–water partition coefficient (Wildman–Crippen LogP) is -0.814. The maximum atomic E-state index is 10.2. The quantitative estimate of drug-likeness (QED) is 0.485. The first-order valence-electron chi connectivity index (χ1n) is 3.44. The summed E-state index contributed by atoms with van der Waals surface area (Å²) in [4.78, 5) is 10.2. The number of carboxylic acids is 1. The van der Waals surface area contributed by atoms with E-state index in [-0.39, 0.29) is 12.4 Å². The van der Waals surface area contributed by atoms with E-state index in [1.54, 1.807) is 0 Å². The molecule has 0 rings (SSSR count). The average Bonchev–Trinajstić information content (AvgIpc) is 1.97. The van der Waals surface area contributed by atoms with Crippen LogP contribution in [-0.4, -0.2) is 36.9 Å². The molecule has 5 N–H and O–H groups in total. The van der Waals surface area contributed by atoms with Crippen molar-refractivity contribution < 1.29 is 14.6 Å². The molecule has 74 valence electrons. The van der Waals surface area contributed by atoms with Crippen molar-refractivity contribution in [3.63, 3.8) is 0 Å². The molecule has 0 unspecified atom stereocenters. The van der Waals surface area contributed by atoms with Gasteiger partial charge in [0.2, 0.25) is 0 Å². The first kappa shape index (κ1) is 14.2. The molecular formula is C6H15ClN2O3. The molecule has 0 radical (unpaired) electrons. The second-order valence-corrected chi connectivity index (χ2v) is 2.13. The van der Waals surface area contributed by atoms with Crippen LogP contribution in [0.5, 0.6) is 0 Å². The Morgan fingerprint density at radius 1 is 1.50 bits per heavy atom. The van der Waals surface area contributed by atoms with Crippen molar-refractivity contribution in [3.8, 4) is 0 Å². The van der Waals surface area contributed by atoms with Crippen molar-refractivity contribution in [1.29, 1.82) is 0 Å². The molecule has 12 heavy (non-hydrogen) atoms. The smallest absolute Gasteiger partial charge is 0.320 e. The van der Waals surface area contributed by atoms with E-state index in [9.17, 15) is 4.79 Å². The van der Waals surface area contributed by atoms with Crippen molar-refractivity contribution in [3.05, 3.63) is 0 Å². The third-order valence-electron chi connectivity index (χ3n) is 1.15. The molecule has 5 nitrogen and oxygen atoms in total. The highest BCUT2D eigenvalue weighted by molar-refractivity contribution is 5.85. The Balaban J connectivity index is 0. The second-order valence-electron chi connectivity index (χ2n) is 2.13. The van der Waals surface area contributed by atoms with Gasteiger partial charge in [0.05, 0.1) is 6.61 Å². The van der Waals surface area contributed by atoms with Gasteiger partial charge in [-0.3, -0.25) is 4.79 Å². The van der Waals surface area contributed by atoms with Gasteiger partial charge in [0.15, 0.2) is 0 Å². The summed E-state index contributed by atoms with van der Waals surface area (Å²) in [6.45, 7) is 1.25. The Morgan fingerprint density at radius 3 is 2.50 bits per heavy atom. The first-order chi connectivity index (χ1) is 5.18. The van der Waals surface area contributed by atoms with Gasteiger partial charge in [0.1, 0.15) is 6.04 Å². The van der Waals surface area contributed by atoms with E-state index in [0.29, 0.717) is 26.2 Å². The van der Waals surface area contributed by atoms with Crippen molar-refractivity contribution in [2.24, 2.45) is 11.5 Å². The van der Waals surface area contributed by atoms with Gasteiger partial charge in [0, 0.05) is 13.2 Å². The van der Waals surface area contributed by atoms with E-state index in [0.717, 1.165) is 0 Å². The van der Waals surface area contributed by atoms with Crippen molar-refractivity contribution in [1.82, 2.24) is 0 Å². The highest BCUT2D eigenvalue weighted by atomic mass is 35.5. The van der Waals surface area contributed by atoms with Crippen LogP contribution in [0, 0.1) is 0 Å². The van der Waals surface area contributed by atoms with Crippen molar-refractivity contribution >= 4 is 18.4 Å². The lowest BCUT2D eigenvalue weighted by molar-refractivity contribution is -0.139. The molecule has 0 saturated heterocycles. The van der Waals surface area contributed by atoms with Gasteiger partial charge in [-0.05, 0) is 6.42 Å². The molecule has 0 aromatic heterocycles. The summed E-state index contributed by atoms with van der Waals surface area (Å²) in [5, 5.41) is 8.33. The Hall–Kier alpha value is -0.360. The standard InChI is InChI=1S/C6H14N2O3.ClH/c7-2-4-11-3-1-5(8)6(9)10;/h5H,1-4,7-8H2,(H,9,10);1H/t5-;/m1./s1. The minimum Gasteiger partial charge on any atom is -0.480 e. The Labute approximate surface area is 77.5 Å². The summed E-state index contributed by atoms with van der Waals surface area (Å²) in [5.41, 5.74) is 10.3. The van der Waals surface area contributed by atoms with Gasteiger partial charge >= 0.3 is 5.97 Å². The molecule has 0 amide bonds. The third kappa shape index (κ3) is 7.74. The number of rotatable bonds is 6. The molecule has 0 bridgehead atoms. The number of aliphatic carboxylic acids is 1. The Morgan fingerprint density at radius 2 is 2.08 bits per heavy atom. The minimum absolute atomic E-state index is 0. The second kappa shape index (κ2) is 8.73. The van der Waals surface area contributed by atoms with Crippen molar-refractivity contribution in [2.45, 2.75) is 12.5 Å². The first-order valence-corrected chi connectivity index (χ1v) is 3.44. The van der Waals surface area contributed by atoms with Crippen LogP contribution in [0.4, 0.5) is 0 Å². The van der Waals surface area contributed by atoms with Crippen LogP contribution >= 0.6 is 12.4 Å². The monoisotopic (exact) mass is 198 g/mol. The molecule has 0 fully saturated rings. The molecule has 1 atom stereocenters. The number of hydrogen-bond acceptors (Lipinski definition) is 4. The van der Waals surface area contributed by atoms with E-state index in [2.05, 4.69) is 0 Å². The lowest BCUT2D eigenvalue weighted by Crippen LogP contribution is -2.31. The summed E-state index contributed by atoms with van der Waals surface area (Å²) in [7, 11) is 0. The Bertz CT molecular complexity index is 123. The van der Waals surface area contributed by atoms with Crippen LogP contribution in [0.25, 0.3) is 0 Å². The maximum absolute atomic E-state index is 10.2. The summed E-state index contributed by atoms with van der Waals surface area (Å²) in [6, 6.07) is -0.826. The number of carbonyl (C=O) groups is 1. The number of ether oxygens (including phenoxy) is 1. The fourth-order valence-corrected chi connectivity index (χ4v) is 0.519. The fourth-order valence-electron chi connectivity index (χ4n) is 0.519. The van der Waals surface area contributed by atoms with Crippen molar-refractivity contribution in [2.75, 3.05) is 19.8 Å². The van der Waals surface area contributed by atoms with Gasteiger partial charge in [-0.2, -0.15) is 0 Å². The molecule has 6 heteroatoms. The lowest BCUT2D eigenvalue weighted by Gasteiger charge is -2.05. The zero-order valence-corrected chi connectivity index (χ0v) is 7.55. The van der Waals surface area contributed by atoms with Gasteiger partial charge in [-0.1, -0.05) is 0 Å². The summed E-state index contributed by atoms with van der Waals surface area (Å²) >= 11 is 0. The van der Waals surface area contributed by atoms with Crippen LogP contribution < -0.4 is 11.5 Å². The highest BCUT2D eigenvalue weighted by Gasteiger charge is 2.09. The van der Waals surface area contributed by atoms with Crippen LogP contribution in [0.3, 0.4) is 0 Å². The van der Waals surface area contributed by atoms with E-state index >= 15 is 0 Å². The zero-order valence-electron chi connectivity index (χ0n) is 6.73. The lowest BCUT2D eigenvalue weighted by atomic mass is 10.2. The molecule has 0 heterocycles. The van der Waals surface area contributed by atoms with E-state index < -0.39 is 12.0 Å². The summed E-state index contributed by atoms with van der Waals surface area (Å²) < 4.78 is 4.94. The molecule has 0 aromatic carbocycles. The number of halogens is 1. The molecule has 0 aromatic rings. The largest absolute Gasteiger partial charge is 0.480 e. The summed E-state index contributed by atoms with van der Waals surface area (Å²) in [6.07, 6.45) is 0.329. The van der Waals surface area contributed by atoms with Gasteiger partial charge in [-0.15, -0.1) is 12.4 Å². The predicted molar refractivity (Wildman–Crippen MR) is 47.3 cm³/mol. The molecular weight excluding hydrogens is 184 g/mol. The van der Waals surface area contributed by atoms with Gasteiger partial charge < -0.3 is 21.3 Å². The molecule has 0 aliphatic heterocycles. The summed E-state index contributed by atoms with van der Waals surface area (Å²) in [5.74, 6) is -0.999. The third-order valence-corrected chi connectivity index (χ3v) is 1.15. The van der Waals surface area contributed by atoms with Crippen LogP contribution in [0.1, 0.15) is 6.42 Å². The van der Waals surface area contributed by atoms with Crippen LogP contribution in [-0.2, 0) is 9.53 Å². The van der Waals surface area contributed by atoms with E-state index in [4.69, 9.17) is 21.3 Å². The van der Waals surface area contributed by atoms with E-state index in [1.165, 1.54) is 0 Å². The highest BCUT2D eigenvalue weighted by Crippen LogP contribution is 1.88. The fraction of sp³-hybridized carbons (Fsp3) is 0.833. The number of hydrogen-bond donors (Lipinski definition) is 3. The van der Waals surface area contributed by atoms with E-state index in [1.807, 2.05) is 0 Å². The van der Waals surface area contributed by atoms with Crippen LogP contribution in [0.15, 0.2) is 0 Å². The zero-order chi connectivity index (χ0) is 8.69. The minimum atomic E-state index is -0.999. The van der Waals surface area contributed by atoms with Gasteiger partial charge in [-0.25, -0.2) is 0 Å². The van der Waals surface area contributed by atoms with Crippen LogP contribution in [0.2, 0.25) is 0 Å². The number of carboxylic acid groups (broad SMARTS) is 1.